The molecule has 0 unspecified atom stereocenters. The Kier molecular flexibility index (Phi) is 5.47. The molecule has 28 heavy (non-hydrogen) atoms. The molecule has 1 aliphatic heterocycles. The van der Waals surface area contributed by atoms with Crippen LogP contribution in [0.2, 0.25) is 0 Å². The van der Waals surface area contributed by atoms with E-state index in [4.69, 9.17) is 0 Å². The van der Waals surface area contributed by atoms with Crippen LogP contribution in [0.5, 0.6) is 0 Å². The number of nitrogens with zero attached hydrogens (tertiary/aromatic N) is 6. The zero-order chi connectivity index (χ0) is 19.3. The third kappa shape index (κ3) is 4.11. The third-order valence-corrected chi connectivity index (χ3v) is 5.26. The normalized spacial score (nSPS) is 14.3. The Labute approximate surface area is 165 Å². The van der Waals surface area contributed by atoms with E-state index in [1.165, 1.54) is 17.8 Å². The van der Waals surface area contributed by atoms with Gasteiger partial charge in [0.05, 0.1) is 17.5 Å². The summed E-state index contributed by atoms with van der Waals surface area (Å²) in [5.74, 6) is 1.07. The first-order valence-electron chi connectivity index (χ1n) is 8.79. The van der Waals surface area contributed by atoms with E-state index >= 15 is 0 Å². The number of aromatic amines is 1. The van der Waals surface area contributed by atoms with Gasteiger partial charge in [0.1, 0.15) is 11.6 Å². The Bertz CT molecular complexity index is 944. The van der Waals surface area contributed by atoms with Crippen molar-refractivity contribution in [2.75, 3.05) is 36.8 Å². The van der Waals surface area contributed by atoms with Crippen LogP contribution in [0.25, 0.3) is 11.4 Å². The Morgan fingerprint density at radius 1 is 1.18 bits per heavy atom. The number of carbonyl (C=O) groups is 1. The van der Waals surface area contributed by atoms with Gasteiger partial charge in [-0.15, -0.1) is 5.10 Å². The molecule has 0 aliphatic carbocycles. The summed E-state index contributed by atoms with van der Waals surface area (Å²) < 4.78 is 13.8. The summed E-state index contributed by atoms with van der Waals surface area (Å²) in [7, 11) is 0. The highest BCUT2D eigenvalue weighted by Gasteiger charge is 2.22. The lowest BCUT2D eigenvalue weighted by molar-refractivity contribution is -0.128. The number of benzene rings is 1. The molecule has 1 N–H and O–H groups in total. The largest absolute Gasteiger partial charge is 0.352 e. The third-order valence-electron chi connectivity index (χ3n) is 4.42. The molecule has 4 rings (SSSR count). The second-order valence-corrected chi connectivity index (χ2v) is 7.11. The molecular weight excluding hydrogens is 381 g/mol. The summed E-state index contributed by atoms with van der Waals surface area (Å²) in [6.45, 7) is 2.69. The van der Waals surface area contributed by atoms with Gasteiger partial charge >= 0.3 is 0 Å². The van der Waals surface area contributed by atoms with Crippen molar-refractivity contribution in [3.63, 3.8) is 0 Å². The molecule has 0 radical (unpaired) electrons. The number of hydrogen-bond acceptors (Lipinski definition) is 7. The number of rotatable bonds is 5. The summed E-state index contributed by atoms with van der Waals surface area (Å²) in [6, 6.07) is 6.35. The van der Waals surface area contributed by atoms with Crippen LogP contribution < -0.4 is 4.90 Å². The van der Waals surface area contributed by atoms with Gasteiger partial charge in [-0.1, -0.05) is 23.9 Å². The molecular formula is C18H18FN7OS. The van der Waals surface area contributed by atoms with Crippen molar-refractivity contribution in [3.8, 4) is 11.4 Å². The van der Waals surface area contributed by atoms with Crippen molar-refractivity contribution < 1.29 is 9.18 Å². The molecule has 1 aliphatic rings. The van der Waals surface area contributed by atoms with Gasteiger partial charge in [-0.3, -0.25) is 14.9 Å². The number of halogens is 1. The number of anilines is 1. The van der Waals surface area contributed by atoms with Crippen molar-refractivity contribution in [1.29, 1.82) is 0 Å². The van der Waals surface area contributed by atoms with Crippen LogP contribution in [-0.4, -0.2) is 67.9 Å². The van der Waals surface area contributed by atoms with Crippen LogP contribution in [0.1, 0.15) is 0 Å². The number of aromatic nitrogens is 5. The first kappa shape index (κ1) is 18.4. The number of hydrogen-bond donors (Lipinski definition) is 1. The highest BCUT2D eigenvalue weighted by Crippen LogP contribution is 2.22. The highest BCUT2D eigenvalue weighted by atomic mass is 32.2. The maximum absolute atomic E-state index is 13.8. The average molecular weight is 399 g/mol. The molecule has 1 fully saturated rings. The number of H-pyrrole nitrogens is 1. The number of carbonyl (C=O) groups excluding carboxylic acids is 1. The zero-order valence-corrected chi connectivity index (χ0v) is 15.8. The minimum atomic E-state index is -0.368. The predicted octanol–water partition coefficient (Wildman–Crippen LogP) is 1.84. The molecule has 144 valence electrons. The van der Waals surface area contributed by atoms with Gasteiger partial charge in [0, 0.05) is 38.6 Å². The van der Waals surface area contributed by atoms with Gasteiger partial charge in [-0.05, 0) is 12.1 Å². The molecule has 2 aromatic heterocycles. The van der Waals surface area contributed by atoms with Crippen LogP contribution in [0.4, 0.5) is 10.2 Å². The van der Waals surface area contributed by atoms with E-state index in [0.717, 1.165) is 5.82 Å². The first-order chi connectivity index (χ1) is 13.7. The van der Waals surface area contributed by atoms with Crippen molar-refractivity contribution in [1.82, 2.24) is 30.0 Å². The number of amides is 1. The van der Waals surface area contributed by atoms with Crippen LogP contribution >= 0.6 is 11.8 Å². The highest BCUT2D eigenvalue weighted by molar-refractivity contribution is 7.99. The topological polar surface area (TPSA) is 90.9 Å². The number of piperazine rings is 1. The molecule has 0 bridgehead atoms. The van der Waals surface area contributed by atoms with Crippen molar-refractivity contribution in [2.24, 2.45) is 0 Å². The lowest BCUT2D eigenvalue weighted by Gasteiger charge is -2.35. The van der Waals surface area contributed by atoms with E-state index in [2.05, 4.69) is 30.0 Å². The summed E-state index contributed by atoms with van der Waals surface area (Å²) >= 11 is 1.24. The fourth-order valence-corrected chi connectivity index (χ4v) is 3.64. The molecule has 1 saturated heterocycles. The monoisotopic (exact) mass is 399 g/mol. The molecule has 1 aromatic carbocycles. The molecule has 8 nitrogen and oxygen atoms in total. The van der Waals surface area contributed by atoms with Crippen molar-refractivity contribution >= 4 is 23.5 Å². The van der Waals surface area contributed by atoms with E-state index in [-0.39, 0.29) is 17.5 Å². The molecule has 0 atom stereocenters. The van der Waals surface area contributed by atoms with Crippen LogP contribution in [-0.2, 0) is 4.79 Å². The molecule has 10 heteroatoms. The number of thioether (sulfide) groups is 1. The molecule has 0 saturated carbocycles. The van der Waals surface area contributed by atoms with Crippen LogP contribution in [0.3, 0.4) is 0 Å². The second-order valence-electron chi connectivity index (χ2n) is 6.17. The minimum Gasteiger partial charge on any atom is -0.352 e. The lowest BCUT2D eigenvalue weighted by Crippen LogP contribution is -2.49. The van der Waals surface area contributed by atoms with Crippen molar-refractivity contribution in [3.05, 3.63) is 48.7 Å². The Morgan fingerprint density at radius 2 is 2.00 bits per heavy atom. The zero-order valence-electron chi connectivity index (χ0n) is 15.0. The minimum absolute atomic E-state index is 0.0287. The first-order valence-corrected chi connectivity index (χ1v) is 9.78. The Balaban J connectivity index is 1.29. The molecule has 0 spiro atoms. The van der Waals surface area contributed by atoms with Gasteiger partial charge < -0.3 is 9.80 Å². The lowest BCUT2D eigenvalue weighted by atomic mass is 10.2. The van der Waals surface area contributed by atoms with Crippen molar-refractivity contribution in [2.45, 2.75) is 5.16 Å². The molecule has 3 heterocycles. The van der Waals surface area contributed by atoms with Gasteiger partial charge in [0.15, 0.2) is 5.82 Å². The summed E-state index contributed by atoms with van der Waals surface area (Å²) in [5.41, 5.74) is 0.355. The Hall–Kier alpha value is -3.01. The van der Waals surface area contributed by atoms with E-state index in [0.29, 0.717) is 42.7 Å². The van der Waals surface area contributed by atoms with Gasteiger partial charge in [-0.2, -0.15) is 0 Å². The summed E-state index contributed by atoms with van der Waals surface area (Å²) in [6.07, 6.45) is 5.03. The van der Waals surface area contributed by atoms with E-state index in [1.807, 2.05) is 4.90 Å². The standard InChI is InChI=1S/C18H18FN7OS/c19-14-4-2-1-3-13(14)17-22-18(24-23-17)28-12-16(27)26-9-7-25(8-10-26)15-11-20-5-6-21-15/h1-6,11H,7-10,12H2,(H,22,23,24). The van der Waals surface area contributed by atoms with E-state index in [9.17, 15) is 9.18 Å². The quantitative estimate of drug-likeness (QED) is 0.655. The van der Waals surface area contributed by atoms with Crippen LogP contribution in [0.15, 0.2) is 48.0 Å². The van der Waals surface area contributed by atoms with E-state index < -0.39 is 0 Å². The fourth-order valence-electron chi connectivity index (χ4n) is 2.94. The van der Waals surface area contributed by atoms with Gasteiger partial charge in [0.25, 0.3) is 0 Å². The van der Waals surface area contributed by atoms with E-state index in [1.54, 1.807) is 36.8 Å². The maximum Gasteiger partial charge on any atom is 0.233 e. The van der Waals surface area contributed by atoms with Crippen LogP contribution in [0, 0.1) is 5.82 Å². The maximum atomic E-state index is 13.8. The average Bonchev–Trinajstić information content (AvgIpc) is 3.22. The molecule has 3 aromatic rings. The van der Waals surface area contributed by atoms with Gasteiger partial charge in [-0.25, -0.2) is 14.4 Å². The fraction of sp³-hybridized carbons (Fsp3) is 0.278. The second kappa shape index (κ2) is 8.34. The predicted molar refractivity (Wildman–Crippen MR) is 103 cm³/mol. The number of nitrogens with one attached hydrogen (secondary N) is 1. The SMILES string of the molecule is O=C(CSc1n[nH]c(-c2ccccc2F)n1)N1CCN(c2cnccn2)CC1. The summed E-state index contributed by atoms with van der Waals surface area (Å²) in [5, 5.41) is 7.21. The smallest absolute Gasteiger partial charge is 0.233 e. The summed E-state index contributed by atoms with van der Waals surface area (Å²) in [4.78, 5) is 29.1. The molecule has 1 amide bonds. The van der Waals surface area contributed by atoms with Gasteiger partial charge in [0.2, 0.25) is 11.1 Å². The Morgan fingerprint density at radius 3 is 2.75 bits per heavy atom.